The predicted octanol–water partition coefficient (Wildman–Crippen LogP) is 6.14. The van der Waals surface area contributed by atoms with Crippen LogP contribution >= 0.6 is 0 Å². The van der Waals surface area contributed by atoms with Crippen molar-refractivity contribution in [3.63, 3.8) is 0 Å². The Morgan fingerprint density at radius 2 is 1.89 bits per heavy atom. The number of ether oxygens (including phenoxy) is 1. The number of carboxylic acid groups (broad SMARTS) is 1. The van der Waals surface area contributed by atoms with Crippen molar-refractivity contribution < 1.29 is 32.6 Å². The number of aryl methyl sites for hydroxylation is 2. The number of alkyl halides is 3. The second-order valence-corrected chi connectivity index (χ2v) is 11.7. The lowest BCUT2D eigenvalue weighted by Gasteiger charge is -2.35. The van der Waals surface area contributed by atoms with Gasteiger partial charge in [0.1, 0.15) is 0 Å². The molecule has 1 aliphatic carbocycles. The number of nitrogens with one attached hydrogen (secondary N) is 2. The third kappa shape index (κ3) is 8.17. The van der Waals surface area contributed by atoms with E-state index in [0.717, 1.165) is 65.5 Å². The van der Waals surface area contributed by atoms with E-state index in [1.807, 2.05) is 19.1 Å². The molecule has 0 bridgehead atoms. The third-order valence-corrected chi connectivity index (χ3v) is 8.46. The summed E-state index contributed by atoms with van der Waals surface area (Å²) in [6.07, 6.45) is -0.101. The van der Waals surface area contributed by atoms with Crippen molar-refractivity contribution in [2.45, 2.75) is 63.7 Å². The van der Waals surface area contributed by atoms with Gasteiger partial charge in [-0.15, -0.1) is 0 Å². The van der Waals surface area contributed by atoms with Crippen LogP contribution in [-0.2, 0) is 35.6 Å². The third-order valence-electron chi connectivity index (χ3n) is 8.46. The molecule has 0 unspecified atom stereocenters. The van der Waals surface area contributed by atoms with Crippen LogP contribution in [0.3, 0.4) is 0 Å². The summed E-state index contributed by atoms with van der Waals surface area (Å²) >= 11 is 0. The van der Waals surface area contributed by atoms with Gasteiger partial charge in [-0.05, 0) is 61.4 Å². The molecule has 2 amide bonds. The van der Waals surface area contributed by atoms with Gasteiger partial charge in [-0.2, -0.15) is 18.3 Å². The number of fused-ring (bicyclic) bond motifs is 1. The Morgan fingerprint density at radius 3 is 2.57 bits per heavy atom. The van der Waals surface area contributed by atoms with E-state index in [4.69, 9.17) is 9.72 Å². The Labute approximate surface area is 270 Å². The molecule has 2 aromatic carbocycles. The van der Waals surface area contributed by atoms with Crippen molar-refractivity contribution in [1.82, 2.24) is 24.6 Å². The van der Waals surface area contributed by atoms with Gasteiger partial charge < -0.3 is 25.4 Å². The lowest BCUT2D eigenvalue weighted by Crippen LogP contribution is -2.44. The number of nitrogens with zero attached hydrogens (tertiary/aromatic N) is 5. The molecule has 2 heterocycles. The Morgan fingerprint density at radius 1 is 1.13 bits per heavy atom. The first-order chi connectivity index (χ1) is 22.4. The summed E-state index contributed by atoms with van der Waals surface area (Å²) in [5.41, 5.74) is 2.84. The van der Waals surface area contributed by atoms with Gasteiger partial charge in [-0.3, -0.25) is 9.48 Å². The van der Waals surface area contributed by atoms with Crippen molar-refractivity contribution in [1.29, 1.82) is 0 Å². The van der Waals surface area contributed by atoms with Crippen molar-refractivity contribution >= 4 is 34.7 Å². The number of aromatic nitrogens is 4. The zero-order chi connectivity index (χ0) is 33.7. The highest BCUT2D eigenvalue weighted by Crippen LogP contribution is 2.31. The molecular weight excluding hydrogens is 615 g/mol. The van der Waals surface area contributed by atoms with Gasteiger partial charge in [0.25, 0.3) is 0 Å². The number of rotatable bonds is 11. The summed E-state index contributed by atoms with van der Waals surface area (Å²) in [7, 11) is 3.31. The van der Waals surface area contributed by atoms with E-state index in [-0.39, 0.29) is 29.9 Å². The highest BCUT2D eigenvalue weighted by molar-refractivity contribution is 5.92. The minimum atomic E-state index is -4.49. The quantitative estimate of drug-likeness (QED) is 0.176. The van der Waals surface area contributed by atoms with Gasteiger partial charge >= 0.3 is 12.3 Å². The van der Waals surface area contributed by atoms with Gasteiger partial charge in [-0.1, -0.05) is 25.1 Å². The summed E-state index contributed by atoms with van der Waals surface area (Å²) in [4.78, 5) is 35.3. The number of methoxy groups -OCH3 is 1. The van der Waals surface area contributed by atoms with Crippen LogP contribution in [0.15, 0.2) is 48.7 Å². The van der Waals surface area contributed by atoms with Crippen LogP contribution < -0.4 is 10.6 Å². The molecule has 14 heteroatoms. The van der Waals surface area contributed by atoms with Crippen molar-refractivity contribution in [3.05, 3.63) is 65.4 Å². The van der Waals surface area contributed by atoms with Crippen LogP contribution in [0.25, 0.3) is 22.2 Å². The molecule has 1 saturated carbocycles. The fourth-order valence-electron chi connectivity index (χ4n) is 6.07. The molecule has 250 valence electrons. The number of hydrogen-bond donors (Lipinski definition) is 3. The Bertz CT molecular complexity index is 1740. The average molecular weight is 654 g/mol. The predicted molar refractivity (Wildman–Crippen MR) is 171 cm³/mol. The molecule has 4 aromatic rings. The summed E-state index contributed by atoms with van der Waals surface area (Å²) in [5.74, 6) is 0.325. The zero-order valence-electron chi connectivity index (χ0n) is 26.5. The molecule has 0 saturated heterocycles. The fourth-order valence-corrected chi connectivity index (χ4v) is 6.07. The Kier molecular flexibility index (Phi) is 10.3. The lowest BCUT2D eigenvalue weighted by atomic mass is 9.90. The van der Waals surface area contributed by atoms with Crippen LogP contribution in [0.1, 0.15) is 49.3 Å². The van der Waals surface area contributed by atoms with Gasteiger partial charge in [-0.25, -0.2) is 14.8 Å². The molecule has 3 N–H and O–H groups in total. The SMILES string of the molecule is CCc1cc(-c2cc(NC(=O)Cc3cccc(C(F)(F)F)c3)nn2C)cc2cnc(NC3CCC(N(CCOC)C(=O)O)CC3)nc12. The van der Waals surface area contributed by atoms with E-state index < -0.39 is 23.7 Å². The molecule has 0 atom stereocenters. The minimum absolute atomic E-state index is 0.0421. The van der Waals surface area contributed by atoms with E-state index in [9.17, 15) is 27.9 Å². The maximum atomic E-state index is 13.1. The largest absolute Gasteiger partial charge is 0.465 e. The van der Waals surface area contributed by atoms with Crippen LogP contribution in [-0.4, -0.2) is 74.1 Å². The monoisotopic (exact) mass is 653 g/mol. The maximum Gasteiger partial charge on any atom is 0.416 e. The van der Waals surface area contributed by atoms with E-state index in [2.05, 4.69) is 20.7 Å². The number of hydrogen-bond acceptors (Lipinski definition) is 7. The van der Waals surface area contributed by atoms with Crippen LogP contribution in [0.2, 0.25) is 0 Å². The van der Waals surface area contributed by atoms with Crippen molar-refractivity contribution in [2.24, 2.45) is 7.05 Å². The van der Waals surface area contributed by atoms with Gasteiger partial charge in [0, 0.05) is 56.0 Å². The average Bonchev–Trinajstić information content (AvgIpc) is 3.40. The summed E-state index contributed by atoms with van der Waals surface area (Å²) < 4.78 is 45.9. The fraction of sp³-hybridized carbons (Fsp3) is 0.424. The molecule has 47 heavy (non-hydrogen) atoms. The second-order valence-electron chi connectivity index (χ2n) is 11.7. The molecule has 0 spiro atoms. The topological polar surface area (TPSA) is 134 Å². The maximum absolute atomic E-state index is 13.1. The number of carbonyl (C=O) groups excluding carboxylic acids is 1. The number of halogens is 3. The van der Waals surface area contributed by atoms with Gasteiger partial charge in [0.05, 0.1) is 29.8 Å². The Hall–Kier alpha value is -4.72. The molecule has 1 aliphatic rings. The van der Waals surface area contributed by atoms with Crippen LogP contribution in [0.5, 0.6) is 0 Å². The standard InChI is InChI=1S/C33H38F3N7O4/c1-4-21-16-22(27-18-28(41-42(27)2)39-29(44)15-20-6-5-7-24(14-20)33(34,35)36)17-23-19-37-31(40-30(21)23)38-25-8-10-26(11-9-25)43(32(45)46)12-13-47-3/h5-7,14,16-19,25-26H,4,8-13,15H2,1-3H3,(H,45,46)(H,37,38,40)(H,39,41,44). The molecule has 2 aromatic heterocycles. The number of carbonyl (C=O) groups is 2. The molecule has 0 radical (unpaired) electrons. The minimum Gasteiger partial charge on any atom is -0.465 e. The summed E-state index contributed by atoms with van der Waals surface area (Å²) in [6, 6.07) is 10.5. The number of benzene rings is 2. The van der Waals surface area contributed by atoms with E-state index in [1.54, 1.807) is 31.1 Å². The van der Waals surface area contributed by atoms with Crippen molar-refractivity contribution in [2.75, 3.05) is 30.9 Å². The summed E-state index contributed by atoms with van der Waals surface area (Å²) in [6.45, 7) is 2.75. The van der Waals surface area contributed by atoms with E-state index in [0.29, 0.717) is 25.5 Å². The molecule has 1 fully saturated rings. The molecule has 5 rings (SSSR count). The smallest absolute Gasteiger partial charge is 0.416 e. The molecular formula is C33H38F3N7O4. The van der Waals surface area contributed by atoms with Crippen molar-refractivity contribution in [3.8, 4) is 11.3 Å². The molecule has 0 aliphatic heterocycles. The number of amides is 2. The van der Waals surface area contributed by atoms with Crippen LogP contribution in [0, 0.1) is 0 Å². The first-order valence-corrected chi connectivity index (χ1v) is 15.5. The highest BCUT2D eigenvalue weighted by atomic mass is 19.4. The highest BCUT2D eigenvalue weighted by Gasteiger charge is 2.31. The molecule has 11 nitrogen and oxygen atoms in total. The van der Waals surface area contributed by atoms with Crippen LogP contribution in [0.4, 0.5) is 29.7 Å². The van der Waals surface area contributed by atoms with Gasteiger partial charge in [0.15, 0.2) is 5.82 Å². The zero-order valence-corrected chi connectivity index (χ0v) is 26.5. The first kappa shape index (κ1) is 33.6. The van der Waals surface area contributed by atoms with E-state index >= 15 is 0 Å². The van der Waals surface area contributed by atoms with E-state index in [1.165, 1.54) is 17.0 Å². The second kappa shape index (κ2) is 14.4. The lowest BCUT2D eigenvalue weighted by molar-refractivity contribution is -0.137. The van der Waals surface area contributed by atoms with Gasteiger partial charge in [0.2, 0.25) is 11.9 Å². The first-order valence-electron chi connectivity index (χ1n) is 15.5. The Balaban J connectivity index is 1.26. The number of anilines is 2. The summed E-state index contributed by atoms with van der Waals surface area (Å²) in [5, 5.41) is 21.0. The normalized spacial score (nSPS) is 16.6.